The number of anilines is 1. The van der Waals surface area contributed by atoms with E-state index in [9.17, 15) is 4.39 Å². The lowest BCUT2D eigenvalue weighted by molar-refractivity contribution is 0.606. The summed E-state index contributed by atoms with van der Waals surface area (Å²) in [7, 11) is 0. The smallest absolute Gasteiger partial charge is 0.191 e. The second-order valence-electron chi connectivity index (χ2n) is 7.32. The highest BCUT2D eigenvalue weighted by Gasteiger charge is 2.40. The lowest BCUT2D eigenvalue weighted by Crippen LogP contribution is -2.45. The maximum absolute atomic E-state index is 14.0. The van der Waals surface area contributed by atoms with Crippen LogP contribution in [-0.4, -0.2) is 42.7 Å². The van der Waals surface area contributed by atoms with Crippen LogP contribution in [0, 0.1) is 5.82 Å². The zero-order valence-corrected chi connectivity index (χ0v) is 19.4. The summed E-state index contributed by atoms with van der Waals surface area (Å²) >= 11 is 6.28. The summed E-state index contributed by atoms with van der Waals surface area (Å²) in [5.41, 5.74) is 0.785. The molecule has 0 spiro atoms. The molecule has 2 aliphatic rings. The number of guanidine groups is 1. The van der Waals surface area contributed by atoms with Gasteiger partial charge < -0.3 is 15.5 Å². The maximum atomic E-state index is 14.0. The number of hydrogen-bond donors (Lipinski definition) is 2. The first-order valence-corrected chi connectivity index (χ1v) is 10.2. The summed E-state index contributed by atoms with van der Waals surface area (Å²) in [6, 6.07) is 11.2. The van der Waals surface area contributed by atoms with Crippen molar-refractivity contribution in [2.45, 2.75) is 37.8 Å². The normalized spacial score (nSPS) is 23.5. The van der Waals surface area contributed by atoms with Gasteiger partial charge in [0.25, 0.3) is 0 Å². The van der Waals surface area contributed by atoms with E-state index < -0.39 is 0 Å². The van der Waals surface area contributed by atoms with Crippen LogP contribution in [0.25, 0.3) is 0 Å². The van der Waals surface area contributed by atoms with Crippen molar-refractivity contribution in [1.29, 1.82) is 0 Å². The quantitative estimate of drug-likeness (QED) is 0.347. The molecule has 1 saturated carbocycles. The van der Waals surface area contributed by atoms with Crippen molar-refractivity contribution >= 4 is 47.4 Å². The fourth-order valence-corrected chi connectivity index (χ4v) is 4.06. The molecule has 1 aliphatic heterocycles. The van der Waals surface area contributed by atoms with E-state index in [1.165, 1.54) is 6.07 Å². The Hall–Kier alpha value is -1.61. The van der Waals surface area contributed by atoms with Gasteiger partial charge in [0.05, 0.1) is 5.02 Å². The molecule has 1 aromatic heterocycles. The van der Waals surface area contributed by atoms with Crippen LogP contribution >= 0.6 is 35.6 Å². The van der Waals surface area contributed by atoms with Crippen molar-refractivity contribution in [3.05, 3.63) is 59.0 Å². The molecule has 2 heterocycles. The number of nitrogens with zero attached hydrogens (tertiary/aromatic N) is 3. The lowest BCUT2D eigenvalue weighted by atomic mass is 10.1. The minimum atomic E-state index is -0.127. The molecular formula is C21H26ClFIN5. The minimum Gasteiger partial charge on any atom is -0.353 e. The summed E-state index contributed by atoms with van der Waals surface area (Å²) in [4.78, 5) is 11.2. The van der Waals surface area contributed by atoms with Gasteiger partial charge in [-0.15, -0.1) is 24.0 Å². The molecule has 1 aliphatic carbocycles. The van der Waals surface area contributed by atoms with Gasteiger partial charge in [-0.25, -0.2) is 9.37 Å². The van der Waals surface area contributed by atoms with E-state index in [2.05, 4.69) is 25.5 Å². The molecule has 2 aromatic rings. The van der Waals surface area contributed by atoms with Gasteiger partial charge in [-0.2, -0.15) is 0 Å². The van der Waals surface area contributed by atoms with Crippen LogP contribution in [0.3, 0.4) is 0 Å². The van der Waals surface area contributed by atoms with E-state index in [1.807, 2.05) is 31.2 Å². The number of halogens is 3. The maximum Gasteiger partial charge on any atom is 0.191 e. The highest BCUT2D eigenvalue weighted by Crippen LogP contribution is 2.41. The molecule has 0 radical (unpaired) electrons. The van der Waals surface area contributed by atoms with Crippen LogP contribution in [-0.2, 0) is 0 Å². The topological polar surface area (TPSA) is 52.6 Å². The van der Waals surface area contributed by atoms with Crippen LogP contribution in [0.5, 0.6) is 0 Å². The van der Waals surface area contributed by atoms with Crippen molar-refractivity contribution in [1.82, 2.24) is 15.6 Å². The average molecular weight is 530 g/mol. The lowest BCUT2D eigenvalue weighted by Gasteiger charge is -2.20. The molecular weight excluding hydrogens is 504 g/mol. The Bertz CT molecular complexity index is 864. The number of pyridine rings is 1. The van der Waals surface area contributed by atoms with Gasteiger partial charge in [0.2, 0.25) is 0 Å². The molecule has 3 atom stereocenters. The fourth-order valence-electron chi connectivity index (χ4n) is 3.81. The first-order valence-electron chi connectivity index (χ1n) is 9.83. The summed E-state index contributed by atoms with van der Waals surface area (Å²) in [5.74, 6) is 1.71. The van der Waals surface area contributed by atoms with Crippen LogP contribution in [0.4, 0.5) is 10.2 Å². The number of hydrogen-bond acceptors (Lipinski definition) is 3. The highest BCUT2D eigenvalue weighted by atomic mass is 127. The Labute approximate surface area is 193 Å². The Morgan fingerprint density at radius 1 is 1.28 bits per heavy atom. The molecule has 156 valence electrons. The predicted molar refractivity (Wildman–Crippen MR) is 127 cm³/mol. The van der Waals surface area contributed by atoms with Crippen LogP contribution in [0.15, 0.2) is 47.6 Å². The third kappa shape index (κ3) is 5.31. The monoisotopic (exact) mass is 529 g/mol. The van der Waals surface area contributed by atoms with E-state index >= 15 is 0 Å². The van der Waals surface area contributed by atoms with E-state index in [1.54, 1.807) is 12.3 Å². The highest BCUT2D eigenvalue weighted by molar-refractivity contribution is 14.0. The summed E-state index contributed by atoms with van der Waals surface area (Å²) in [6.07, 6.45) is 3.67. The van der Waals surface area contributed by atoms with E-state index in [0.717, 1.165) is 43.3 Å². The third-order valence-electron chi connectivity index (χ3n) is 5.30. The Morgan fingerprint density at radius 3 is 2.86 bits per heavy atom. The van der Waals surface area contributed by atoms with E-state index in [-0.39, 0.29) is 47.8 Å². The molecule has 8 heteroatoms. The third-order valence-corrected chi connectivity index (χ3v) is 5.60. The minimum absolute atomic E-state index is 0. The molecule has 2 fully saturated rings. The van der Waals surface area contributed by atoms with Gasteiger partial charge in [0.1, 0.15) is 11.6 Å². The molecule has 0 amide bonds. The Morgan fingerprint density at radius 2 is 2.10 bits per heavy atom. The predicted octanol–water partition coefficient (Wildman–Crippen LogP) is 4.18. The molecule has 29 heavy (non-hydrogen) atoms. The number of aromatic nitrogens is 1. The molecule has 1 saturated heterocycles. The largest absolute Gasteiger partial charge is 0.353 e. The van der Waals surface area contributed by atoms with Crippen molar-refractivity contribution in [3.63, 3.8) is 0 Å². The van der Waals surface area contributed by atoms with E-state index in [0.29, 0.717) is 11.6 Å². The first-order chi connectivity index (χ1) is 13.7. The number of rotatable bonds is 5. The van der Waals surface area contributed by atoms with Gasteiger partial charge in [-0.1, -0.05) is 29.8 Å². The summed E-state index contributed by atoms with van der Waals surface area (Å²) in [5, 5.41) is 7.67. The molecule has 5 nitrogen and oxygen atoms in total. The van der Waals surface area contributed by atoms with Gasteiger partial charge >= 0.3 is 0 Å². The second kappa shape index (κ2) is 9.93. The standard InChI is InChI=1S/C21H25ClFN5.HI/c1-2-24-21(27-19-12-16(19)15-6-3-4-8-18(15)23)26-14-9-11-28(13-14)20-17(22)7-5-10-25-20;/h3-8,10,14,16,19H,2,9,11-13H2,1H3,(H2,24,26,27);1H. The molecule has 0 bridgehead atoms. The van der Waals surface area contributed by atoms with Crippen LogP contribution in [0.2, 0.25) is 5.02 Å². The molecule has 2 N–H and O–H groups in total. The second-order valence-corrected chi connectivity index (χ2v) is 7.73. The van der Waals surface area contributed by atoms with Crippen LogP contribution < -0.4 is 15.5 Å². The Kier molecular flexibility index (Phi) is 7.56. The van der Waals surface area contributed by atoms with Gasteiger partial charge in [0.15, 0.2) is 5.96 Å². The zero-order chi connectivity index (χ0) is 19.5. The summed E-state index contributed by atoms with van der Waals surface area (Å²) < 4.78 is 14.0. The first kappa shape index (κ1) is 22.1. The van der Waals surface area contributed by atoms with Crippen molar-refractivity contribution in [2.75, 3.05) is 24.5 Å². The summed E-state index contributed by atoms with van der Waals surface area (Å²) in [6.45, 7) is 4.42. The number of aliphatic imine (C=N–C) groups is 1. The van der Waals surface area contributed by atoms with Gasteiger partial charge in [-0.05, 0) is 43.5 Å². The zero-order valence-electron chi connectivity index (χ0n) is 16.3. The van der Waals surface area contributed by atoms with Gasteiger partial charge in [0, 0.05) is 43.8 Å². The molecule has 1 aromatic carbocycles. The Balaban J connectivity index is 0.00000240. The van der Waals surface area contributed by atoms with Crippen LogP contribution in [0.1, 0.15) is 31.2 Å². The fraction of sp³-hybridized carbons (Fsp3) is 0.429. The van der Waals surface area contributed by atoms with E-state index in [4.69, 9.17) is 11.6 Å². The van der Waals surface area contributed by atoms with Crippen molar-refractivity contribution < 1.29 is 4.39 Å². The average Bonchev–Trinajstić information content (AvgIpc) is 3.28. The van der Waals surface area contributed by atoms with Crippen molar-refractivity contribution in [3.8, 4) is 0 Å². The van der Waals surface area contributed by atoms with Gasteiger partial charge in [-0.3, -0.25) is 4.99 Å². The number of nitrogens with one attached hydrogen (secondary N) is 2. The molecule has 3 unspecified atom stereocenters. The molecule has 4 rings (SSSR count). The SMILES string of the molecule is CCN=C(NC1CCN(c2ncccc2Cl)C1)NC1CC1c1ccccc1F.I. The van der Waals surface area contributed by atoms with Crippen molar-refractivity contribution in [2.24, 2.45) is 4.99 Å². The number of benzene rings is 1.